The molecule has 9 heteroatoms. The van der Waals surface area contributed by atoms with Gasteiger partial charge in [-0.3, -0.25) is 9.59 Å². The quantitative estimate of drug-likeness (QED) is 0.448. The highest BCUT2D eigenvalue weighted by Crippen LogP contribution is 2.45. The standard InChI is InChI=1S/C17H16ClFO2.C10H12NO3P/c1-3-11-8-12(19)9-14(18)15(11)13-5-4-10(2)16-17(13)21-7-6-20-16;1-6-3-2-4-7(15)9(6)10(14)11-5-8(12)13/h4-5,8-9H,3,6-7H2,1-2H3;2-4H,5,15H2,1H3,(H,11,14)(H,12,13). The molecule has 0 bridgehead atoms. The fraction of sp³-hybridized carbons (Fsp3) is 0.259. The fourth-order valence-electron chi connectivity index (χ4n) is 3.92. The molecule has 2 N–H and O–H groups in total. The minimum absolute atomic E-state index is 0.321. The molecule has 3 aromatic carbocycles. The van der Waals surface area contributed by atoms with E-state index in [0.717, 1.165) is 38.9 Å². The number of fused-ring (bicyclic) bond motifs is 1. The Labute approximate surface area is 217 Å². The molecule has 1 unspecified atom stereocenters. The Bertz CT molecular complexity index is 1280. The first-order valence-corrected chi connectivity index (χ1v) is 12.3. The van der Waals surface area contributed by atoms with Gasteiger partial charge in [0.05, 0.1) is 5.02 Å². The lowest BCUT2D eigenvalue weighted by molar-refractivity contribution is -0.135. The van der Waals surface area contributed by atoms with Crippen molar-refractivity contribution >= 4 is 38.0 Å². The molecule has 190 valence electrons. The van der Waals surface area contributed by atoms with Crippen molar-refractivity contribution in [1.82, 2.24) is 5.32 Å². The Morgan fingerprint density at radius 1 is 1.08 bits per heavy atom. The van der Waals surface area contributed by atoms with Crippen molar-refractivity contribution < 1.29 is 28.6 Å². The van der Waals surface area contributed by atoms with Crippen LogP contribution in [0, 0.1) is 19.7 Å². The first kappa shape index (κ1) is 27.4. The van der Waals surface area contributed by atoms with Gasteiger partial charge in [-0.1, -0.05) is 48.9 Å². The van der Waals surface area contributed by atoms with Gasteiger partial charge < -0.3 is 19.9 Å². The minimum atomic E-state index is -1.05. The molecule has 1 aliphatic rings. The highest BCUT2D eigenvalue weighted by Gasteiger charge is 2.22. The van der Waals surface area contributed by atoms with Gasteiger partial charge in [0, 0.05) is 16.7 Å². The van der Waals surface area contributed by atoms with E-state index in [1.54, 1.807) is 6.07 Å². The first-order valence-electron chi connectivity index (χ1n) is 11.4. The summed E-state index contributed by atoms with van der Waals surface area (Å²) < 4.78 is 25.1. The summed E-state index contributed by atoms with van der Waals surface area (Å²) in [5.41, 5.74) is 4.90. The zero-order valence-corrected chi connectivity index (χ0v) is 22.2. The number of rotatable bonds is 5. The Morgan fingerprint density at radius 3 is 2.42 bits per heavy atom. The van der Waals surface area contributed by atoms with E-state index in [1.165, 1.54) is 12.1 Å². The molecule has 4 rings (SSSR count). The average Bonchev–Trinajstić information content (AvgIpc) is 2.83. The van der Waals surface area contributed by atoms with Crippen LogP contribution in [0.1, 0.15) is 34.0 Å². The molecule has 0 spiro atoms. The summed E-state index contributed by atoms with van der Waals surface area (Å²) in [6, 6.07) is 12.2. The van der Waals surface area contributed by atoms with Gasteiger partial charge in [0.1, 0.15) is 25.6 Å². The lowest BCUT2D eigenvalue weighted by Gasteiger charge is -2.24. The second-order valence-corrected chi connectivity index (χ2v) is 9.21. The van der Waals surface area contributed by atoms with Crippen LogP contribution < -0.4 is 20.1 Å². The van der Waals surface area contributed by atoms with E-state index in [-0.39, 0.29) is 18.3 Å². The third-order valence-corrected chi connectivity index (χ3v) is 6.38. The van der Waals surface area contributed by atoms with Crippen LogP contribution in [0.15, 0.2) is 42.5 Å². The van der Waals surface area contributed by atoms with Crippen LogP contribution in [-0.2, 0) is 11.2 Å². The van der Waals surface area contributed by atoms with Gasteiger partial charge >= 0.3 is 5.97 Å². The average molecular weight is 532 g/mol. The van der Waals surface area contributed by atoms with Gasteiger partial charge in [0.25, 0.3) is 5.91 Å². The van der Waals surface area contributed by atoms with Crippen molar-refractivity contribution in [3.05, 3.63) is 75.6 Å². The van der Waals surface area contributed by atoms with Crippen molar-refractivity contribution in [3.8, 4) is 22.6 Å². The van der Waals surface area contributed by atoms with Crippen molar-refractivity contribution in [2.45, 2.75) is 27.2 Å². The lowest BCUT2D eigenvalue weighted by atomic mass is 9.95. The molecule has 0 radical (unpaired) electrons. The third kappa shape index (κ3) is 6.34. The summed E-state index contributed by atoms with van der Waals surface area (Å²) in [4.78, 5) is 21.9. The molecule has 1 heterocycles. The van der Waals surface area contributed by atoms with E-state index in [1.807, 2.05) is 45.0 Å². The van der Waals surface area contributed by atoms with E-state index >= 15 is 0 Å². The largest absolute Gasteiger partial charge is 0.486 e. The van der Waals surface area contributed by atoms with E-state index in [2.05, 4.69) is 14.6 Å². The van der Waals surface area contributed by atoms with Gasteiger partial charge in [-0.05, 0) is 54.4 Å². The second kappa shape index (κ2) is 12.2. The molecule has 3 aromatic rings. The van der Waals surface area contributed by atoms with Gasteiger partial charge in [0.15, 0.2) is 11.5 Å². The smallest absolute Gasteiger partial charge is 0.322 e. The number of hydrogen-bond donors (Lipinski definition) is 2. The number of halogens is 2. The summed E-state index contributed by atoms with van der Waals surface area (Å²) >= 11 is 6.29. The zero-order valence-electron chi connectivity index (χ0n) is 20.3. The van der Waals surface area contributed by atoms with Crippen LogP contribution >= 0.6 is 20.8 Å². The predicted molar refractivity (Wildman–Crippen MR) is 142 cm³/mol. The van der Waals surface area contributed by atoms with Crippen molar-refractivity contribution in [2.24, 2.45) is 0 Å². The van der Waals surface area contributed by atoms with Crippen LogP contribution in [0.25, 0.3) is 11.1 Å². The predicted octanol–water partition coefficient (Wildman–Crippen LogP) is 5.10. The molecule has 6 nitrogen and oxygen atoms in total. The molecular weight excluding hydrogens is 504 g/mol. The van der Waals surface area contributed by atoms with Crippen LogP contribution in [-0.4, -0.2) is 36.7 Å². The highest BCUT2D eigenvalue weighted by atomic mass is 35.5. The van der Waals surface area contributed by atoms with Crippen LogP contribution in [0.2, 0.25) is 5.02 Å². The van der Waals surface area contributed by atoms with Crippen LogP contribution in [0.3, 0.4) is 0 Å². The number of amides is 1. The monoisotopic (exact) mass is 531 g/mol. The Balaban J connectivity index is 0.000000214. The topological polar surface area (TPSA) is 84.9 Å². The third-order valence-electron chi connectivity index (χ3n) is 5.60. The SMILES string of the molecule is CCc1cc(F)cc(Cl)c1-c1ccc(C)c2c1OCCO2.Cc1cccc(P)c1C(=O)NCC(=O)O. The number of hydrogen-bond acceptors (Lipinski definition) is 4. The van der Waals surface area contributed by atoms with Gasteiger partial charge in [-0.25, -0.2) is 4.39 Å². The number of carbonyl (C=O) groups excluding carboxylic acids is 1. The van der Waals surface area contributed by atoms with Crippen molar-refractivity contribution in [1.29, 1.82) is 0 Å². The number of nitrogens with one attached hydrogen (secondary N) is 1. The number of carboxylic acid groups (broad SMARTS) is 1. The van der Waals surface area contributed by atoms with Crippen LogP contribution in [0.4, 0.5) is 4.39 Å². The van der Waals surface area contributed by atoms with E-state index in [9.17, 15) is 14.0 Å². The van der Waals surface area contributed by atoms with E-state index < -0.39 is 5.97 Å². The molecule has 1 aliphatic heterocycles. The van der Waals surface area contributed by atoms with Crippen molar-refractivity contribution in [3.63, 3.8) is 0 Å². The Hall–Kier alpha value is -3.15. The summed E-state index contributed by atoms with van der Waals surface area (Å²) in [6.07, 6.45) is 0.691. The van der Waals surface area contributed by atoms with Crippen molar-refractivity contribution in [2.75, 3.05) is 19.8 Å². The number of ether oxygens (including phenoxy) is 2. The molecule has 1 amide bonds. The van der Waals surface area contributed by atoms with Gasteiger partial charge in [-0.15, -0.1) is 9.24 Å². The molecule has 1 atom stereocenters. The molecule has 0 saturated carbocycles. The molecule has 0 saturated heterocycles. The van der Waals surface area contributed by atoms with E-state index in [0.29, 0.717) is 36.0 Å². The number of aliphatic carboxylic acids is 1. The van der Waals surface area contributed by atoms with E-state index in [4.69, 9.17) is 26.2 Å². The Kier molecular flexibility index (Phi) is 9.30. The maximum absolute atomic E-state index is 13.6. The van der Waals surface area contributed by atoms with Gasteiger partial charge in [0.2, 0.25) is 0 Å². The highest BCUT2D eigenvalue weighted by molar-refractivity contribution is 7.27. The molecule has 36 heavy (non-hydrogen) atoms. The number of carbonyl (C=O) groups is 2. The molecule has 0 aromatic heterocycles. The lowest BCUT2D eigenvalue weighted by Crippen LogP contribution is -2.32. The fourth-order valence-corrected chi connectivity index (χ4v) is 4.72. The first-order chi connectivity index (χ1) is 17.1. The number of carboxylic acids is 1. The summed E-state index contributed by atoms with van der Waals surface area (Å²) in [6.45, 7) is 6.44. The second-order valence-electron chi connectivity index (χ2n) is 8.18. The summed E-state index contributed by atoms with van der Waals surface area (Å²) in [5, 5.41) is 11.9. The summed E-state index contributed by atoms with van der Waals surface area (Å²) in [5.74, 6) is -0.285. The minimum Gasteiger partial charge on any atom is -0.486 e. The normalized spacial score (nSPS) is 11.8. The number of aryl methyl sites for hydroxylation is 3. The number of benzene rings is 3. The maximum atomic E-state index is 13.6. The molecule has 0 aliphatic carbocycles. The molecular formula is C27H28ClFNO5P. The van der Waals surface area contributed by atoms with Crippen LogP contribution in [0.5, 0.6) is 11.5 Å². The van der Waals surface area contributed by atoms with Gasteiger partial charge in [-0.2, -0.15) is 0 Å². The summed E-state index contributed by atoms with van der Waals surface area (Å²) in [7, 11) is 2.46. The zero-order chi connectivity index (χ0) is 26.4. The molecule has 0 fully saturated rings. The maximum Gasteiger partial charge on any atom is 0.322 e. The Morgan fingerprint density at radius 2 is 1.78 bits per heavy atom.